The molecule has 0 saturated carbocycles. The van der Waals surface area contributed by atoms with Gasteiger partial charge in [-0.2, -0.15) is 0 Å². The minimum Gasteiger partial charge on any atom is -0.378 e. The number of aryl methyl sites for hydroxylation is 1. The van der Waals surface area contributed by atoms with E-state index in [0.29, 0.717) is 0 Å². The maximum absolute atomic E-state index is 5.48. The van der Waals surface area contributed by atoms with E-state index in [1.807, 2.05) is 0 Å². The lowest BCUT2D eigenvalue weighted by atomic mass is 9.80. The van der Waals surface area contributed by atoms with Crippen molar-refractivity contribution in [3.05, 3.63) is 29.3 Å². The Morgan fingerprint density at radius 3 is 2.42 bits per heavy atom. The zero-order valence-electron chi connectivity index (χ0n) is 12.8. The van der Waals surface area contributed by atoms with E-state index in [4.69, 9.17) is 4.74 Å². The van der Waals surface area contributed by atoms with Gasteiger partial charge in [-0.25, -0.2) is 0 Å². The number of ether oxygens (including phenoxy) is 1. The molecule has 106 valence electrons. The number of rotatable bonds is 4. The van der Waals surface area contributed by atoms with Gasteiger partial charge in [0.1, 0.15) is 0 Å². The molecule has 2 nitrogen and oxygen atoms in total. The van der Waals surface area contributed by atoms with E-state index in [-0.39, 0.29) is 5.41 Å². The third-order valence-corrected chi connectivity index (χ3v) is 4.43. The van der Waals surface area contributed by atoms with Crippen molar-refractivity contribution < 1.29 is 4.74 Å². The van der Waals surface area contributed by atoms with Gasteiger partial charge in [0, 0.05) is 18.8 Å². The molecule has 2 heteroatoms. The Labute approximate surface area is 117 Å². The predicted molar refractivity (Wildman–Crippen MR) is 82.2 cm³/mol. The summed E-state index contributed by atoms with van der Waals surface area (Å²) < 4.78 is 5.48. The largest absolute Gasteiger partial charge is 0.378 e. The number of hydrogen-bond acceptors (Lipinski definition) is 2. The molecule has 0 amide bonds. The van der Waals surface area contributed by atoms with Gasteiger partial charge in [-0.15, -0.1) is 0 Å². The van der Waals surface area contributed by atoms with Crippen molar-refractivity contribution in [2.24, 2.45) is 0 Å². The van der Waals surface area contributed by atoms with E-state index in [1.54, 1.807) is 0 Å². The third kappa shape index (κ3) is 3.11. The Hall–Kier alpha value is -1.02. The van der Waals surface area contributed by atoms with Gasteiger partial charge in [0.05, 0.1) is 13.2 Å². The maximum Gasteiger partial charge on any atom is 0.0642 e. The monoisotopic (exact) mass is 261 g/mol. The Morgan fingerprint density at radius 2 is 1.84 bits per heavy atom. The summed E-state index contributed by atoms with van der Waals surface area (Å²) in [5, 5.41) is 0. The summed E-state index contributed by atoms with van der Waals surface area (Å²) in [5.74, 6) is 0. The van der Waals surface area contributed by atoms with E-state index < -0.39 is 0 Å². The second-order valence-corrected chi connectivity index (χ2v) is 6.04. The summed E-state index contributed by atoms with van der Waals surface area (Å²) in [7, 11) is 0. The SMILES string of the molecule is CCc1ccc(N2CCOCC2)c(C(C)(C)CC)c1. The van der Waals surface area contributed by atoms with Crippen LogP contribution in [-0.2, 0) is 16.6 Å². The minimum atomic E-state index is 0.235. The van der Waals surface area contributed by atoms with Crippen LogP contribution in [-0.4, -0.2) is 26.3 Å². The molecule has 1 heterocycles. The van der Waals surface area contributed by atoms with Crippen LogP contribution in [0.5, 0.6) is 0 Å². The van der Waals surface area contributed by atoms with E-state index in [2.05, 4.69) is 50.8 Å². The lowest BCUT2D eigenvalue weighted by molar-refractivity contribution is 0.122. The maximum atomic E-state index is 5.48. The molecule has 0 spiro atoms. The van der Waals surface area contributed by atoms with E-state index >= 15 is 0 Å². The number of anilines is 1. The molecule has 1 aliphatic rings. The standard InChI is InChI=1S/C17H27NO/c1-5-14-7-8-16(18-9-11-19-12-10-18)15(13-14)17(3,4)6-2/h7-8,13H,5-6,9-12H2,1-4H3. The second kappa shape index (κ2) is 5.96. The Kier molecular flexibility index (Phi) is 4.51. The normalized spacial score (nSPS) is 16.7. The summed E-state index contributed by atoms with van der Waals surface area (Å²) in [6.07, 6.45) is 2.27. The topological polar surface area (TPSA) is 12.5 Å². The fourth-order valence-electron chi connectivity index (χ4n) is 2.62. The molecule has 1 saturated heterocycles. The summed E-state index contributed by atoms with van der Waals surface area (Å²) in [5.41, 5.74) is 4.58. The second-order valence-electron chi connectivity index (χ2n) is 6.04. The highest BCUT2D eigenvalue weighted by Gasteiger charge is 2.25. The Bertz CT molecular complexity index is 419. The van der Waals surface area contributed by atoms with Crippen LogP contribution in [0.25, 0.3) is 0 Å². The molecule has 0 unspecified atom stereocenters. The molecule has 1 aliphatic heterocycles. The summed E-state index contributed by atoms with van der Waals surface area (Å²) in [6.45, 7) is 12.9. The first-order chi connectivity index (χ1) is 9.08. The lowest BCUT2D eigenvalue weighted by Crippen LogP contribution is -2.37. The number of hydrogen-bond donors (Lipinski definition) is 0. The van der Waals surface area contributed by atoms with Crippen molar-refractivity contribution in [3.63, 3.8) is 0 Å². The minimum absolute atomic E-state index is 0.235. The van der Waals surface area contributed by atoms with Crippen LogP contribution >= 0.6 is 0 Å². The van der Waals surface area contributed by atoms with E-state index in [0.717, 1.165) is 39.1 Å². The molecule has 1 aromatic carbocycles. The van der Waals surface area contributed by atoms with Crippen LogP contribution in [0.15, 0.2) is 18.2 Å². The fraction of sp³-hybridized carbons (Fsp3) is 0.647. The van der Waals surface area contributed by atoms with Crippen LogP contribution in [0.2, 0.25) is 0 Å². The highest BCUT2D eigenvalue weighted by atomic mass is 16.5. The van der Waals surface area contributed by atoms with Crippen LogP contribution in [0, 0.1) is 0 Å². The van der Waals surface area contributed by atoms with Crippen LogP contribution in [0.3, 0.4) is 0 Å². The van der Waals surface area contributed by atoms with Gasteiger partial charge in [-0.05, 0) is 35.4 Å². The first-order valence-electron chi connectivity index (χ1n) is 7.54. The Morgan fingerprint density at radius 1 is 1.16 bits per heavy atom. The molecule has 0 radical (unpaired) electrons. The molecule has 0 atom stereocenters. The molecule has 0 aromatic heterocycles. The smallest absolute Gasteiger partial charge is 0.0642 e. The van der Waals surface area contributed by atoms with Crippen molar-refractivity contribution in [3.8, 4) is 0 Å². The highest BCUT2D eigenvalue weighted by molar-refractivity contribution is 5.58. The van der Waals surface area contributed by atoms with Crippen molar-refractivity contribution in [2.75, 3.05) is 31.2 Å². The average molecular weight is 261 g/mol. The highest BCUT2D eigenvalue weighted by Crippen LogP contribution is 2.35. The van der Waals surface area contributed by atoms with Crippen molar-refractivity contribution >= 4 is 5.69 Å². The number of nitrogens with zero attached hydrogens (tertiary/aromatic N) is 1. The number of benzene rings is 1. The molecule has 1 aromatic rings. The summed E-state index contributed by atoms with van der Waals surface area (Å²) in [6, 6.07) is 7.01. The van der Waals surface area contributed by atoms with Crippen molar-refractivity contribution in [2.45, 2.75) is 46.0 Å². The zero-order chi connectivity index (χ0) is 13.9. The van der Waals surface area contributed by atoms with Gasteiger partial charge >= 0.3 is 0 Å². The van der Waals surface area contributed by atoms with Gasteiger partial charge < -0.3 is 9.64 Å². The van der Waals surface area contributed by atoms with E-state index in [9.17, 15) is 0 Å². The molecule has 0 aliphatic carbocycles. The van der Waals surface area contributed by atoms with Gasteiger partial charge in [0.25, 0.3) is 0 Å². The molecule has 1 fully saturated rings. The quantitative estimate of drug-likeness (QED) is 0.818. The first-order valence-corrected chi connectivity index (χ1v) is 7.54. The molecule has 2 rings (SSSR count). The van der Waals surface area contributed by atoms with Gasteiger partial charge in [0.2, 0.25) is 0 Å². The molecular formula is C17H27NO. The summed E-state index contributed by atoms with van der Waals surface area (Å²) in [4.78, 5) is 2.48. The molecule has 0 N–H and O–H groups in total. The van der Waals surface area contributed by atoms with Gasteiger partial charge in [0.15, 0.2) is 0 Å². The van der Waals surface area contributed by atoms with Gasteiger partial charge in [-0.1, -0.05) is 39.8 Å². The number of morpholine rings is 1. The van der Waals surface area contributed by atoms with Crippen LogP contribution in [0.1, 0.15) is 45.2 Å². The first kappa shape index (κ1) is 14.4. The molecule has 19 heavy (non-hydrogen) atoms. The molecular weight excluding hydrogens is 234 g/mol. The Balaban J connectivity index is 2.41. The molecule has 0 bridgehead atoms. The van der Waals surface area contributed by atoms with Gasteiger partial charge in [-0.3, -0.25) is 0 Å². The fourth-order valence-corrected chi connectivity index (χ4v) is 2.62. The van der Waals surface area contributed by atoms with E-state index in [1.165, 1.54) is 16.8 Å². The van der Waals surface area contributed by atoms with Crippen LogP contribution < -0.4 is 4.90 Å². The average Bonchev–Trinajstić information content (AvgIpc) is 2.47. The van der Waals surface area contributed by atoms with Crippen molar-refractivity contribution in [1.29, 1.82) is 0 Å². The lowest BCUT2D eigenvalue weighted by Gasteiger charge is -2.35. The predicted octanol–water partition coefficient (Wildman–Crippen LogP) is 3.77. The zero-order valence-corrected chi connectivity index (χ0v) is 12.8. The summed E-state index contributed by atoms with van der Waals surface area (Å²) >= 11 is 0. The van der Waals surface area contributed by atoms with Crippen molar-refractivity contribution in [1.82, 2.24) is 0 Å². The third-order valence-electron chi connectivity index (χ3n) is 4.43. The van der Waals surface area contributed by atoms with Crippen LogP contribution in [0.4, 0.5) is 5.69 Å².